The van der Waals surface area contributed by atoms with Crippen LogP contribution in [0.5, 0.6) is 5.75 Å². The van der Waals surface area contributed by atoms with Crippen LogP contribution in [0.4, 0.5) is 0 Å². The zero-order valence-electron chi connectivity index (χ0n) is 11.5. The summed E-state index contributed by atoms with van der Waals surface area (Å²) >= 11 is 1.57. The van der Waals surface area contributed by atoms with Crippen molar-refractivity contribution in [3.63, 3.8) is 0 Å². The molecule has 0 amide bonds. The highest BCUT2D eigenvalue weighted by atomic mass is 32.1. The molecule has 2 rings (SSSR count). The minimum absolute atomic E-state index is 0.199. The van der Waals surface area contributed by atoms with Crippen LogP contribution in [0.15, 0.2) is 35.7 Å². The lowest BCUT2D eigenvalue weighted by molar-refractivity contribution is -0.133. The van der Waals surface area contributed by atoms with Crippen molar-refractivity contribution in [3.05, 3.63) is 51.7 Å². The Hall–Kier alpha value is -1.61. The molecule has 0 N–H and O–H groups in total. The Balaban J connectivity index is 2.13. The van der Waals surface area contributed by atoms with E-state index in [4.69, 9.17) is 4.74 Å². The van der Waals surface area contributed by atoms with Crippen molar-refractivity contribution in [2.24, 2.45) is 0 Å². The van der Waals surface area contributed by atoms with Gasteiger partial charge in [-0.25, -0.2) is 0 Å². The summed E-state index contributed by atoms with van der Waals surface area (Å²) in [5.74, 6) is 0.830. The quantitative estimate of drug-likeness (QED) is 0.613. The van der Waals surface area contributed by atoms with Gasteiger partial charge >= 0.3 is 5.97 Å². The molecule has 0 spiro atoms. The third kappa shape index (κ3) is 3.67. The van der Waals surface area contributed by atoms with Gasteiger partial charge in [0.2, 0.25) is 0 Å². The molecule has 0 aliphatic heterocycles. The molecule has 0 aliphatic carbocycles. The maximum Gasteiger partial charge on any atom is 0.316 e. The smallest absolute Gasteiger partial charge is 0.316 e. The molecule has 100 valence electrons. The lowest BCUT2D eigenvalue weighted by Gasteiger charge is -2.13. The topological polar surface area (TPSA) is 26.3 Å². The number of aryl methyl sites for hydroxylation is 1. The Morgan fingerprint density at radius 3 is 2.74 bits per heavy atom. The molecule has 3 heteroatoms. The lowest BCUT2D eigenvalue weighted by Crippen LogP contribution is -2.12. The molecular formula is C16H18O2S. The Morgan fingerprint density at radius 2 is 2.11 bits per heavy atom. The van der Waals surface area contributed by atoms with Gasteiger partial charge in [0.1, 0.15) is 5.75 Å². The van der Waals surface area contributed by atoms with E-state index in [1.807, 2.05) is 42.6 Å². The van der Waals surface area contributed by atoms with E-state index in [1.165, 1.54) is 0 Å². The van der Waals surface area contributed by atoms with Crippen LogP contribution in [0, 0.1) is 6.92 Å². The molecule has 0 bridgehead atoms. The molecule has 0 radical (unpaired) electrons. The minimum atomic E-state index is -0.199. The number of benzene rings is 1. The van der Waals surface area contributed by atoms with Gasteiger partial charge in [-0.3, -0.25) is 4.79 Å². The van der Waals surface area contributed by atoms with Crippen LogP contribution in [0.3, 0.4) is 0 Å². The number of esters is 1. The maximum absolute atomic E-state index is 12.0. The first-order valence-corrected chi connectivity index (χ1v) is 7.28. The third-order valence-electron chi connectivity index (χ3n) is 2.91. The Morgan fingerprint density at radius 1 is 1.32 bits per heavy atom. The molecule has 0 unspecified atom stereocenters. The third-order valence-corrected chi connectivity index (χ3v) is 3.79. The zero-order chi connectivity index (χ0) is 13.8. The summed E-state index contributed by atoms with van der Waals surface area (Å²) in [5.41, 5.74) is 2.17. The van der Waals surface area contributed by atoms with E-state index < -0.39 is 0 Å². The molecule has 1 heterocycles. The molecule has 0 aliphatic rings. The molecule has 0 saturated carbocycles. The van der Waals surface area contributed by atoms with E-state index in [2.05, 4.69) is 13.8 Å². The van der Waals surface area contributed by atoms with Crippen molar-refractivity contribution in [1.82, 2.24) is 0 Å². The first kappa shape index (κ1) is 13.8. The molecule has 0 saturated heterocycles. The Labute approximate surface area is 118 Å². The van der Waals surface area contributed by atoms with E-state index in [0.717, 1.165) is 16.0 Å². The van der Waals surface area contributed by atoms with Crippen LogP contribution in [-0.4, -0.2) is 5.97 Å². The van der Waals surface area contributed by atoms with Crippen molar-refractivity contribution in [2.75, 3.05) is 0 Å². The average molecular weight is 274 g/mol. The van der Waals surface area contributed by atoms with E-state index in [0.29, 0.717) is 18.1 Å². The summed E-state index contributed by atoms with van der Waals surface area (Å²) in [7, 11) is 0. The molecule has 0 atom stereocenters. The van der Waals surface area contributed by atoms with Gasteiger partial charge in [-0.15, -0.1) is 11.3 Å². The molecule has 1 aromatic heterocycles. The highest BCUT2D eigenvalue weighted by molar-refractivity contribution is 7.10. The molecule has 0 fully saturated rings. The molecule has 2 nitrogen and oxygen atoms in total. The fourth-order valence-electron chi connectivity index (χ4n) is 1.92. The Bertz CT molecular complexity index is 556. The standard InChI is InChI=1S/C16H18O2S/c1-11(2)14-7-6-12(3)9-15(14)18-16(17)10-13-5-4-8-19-13/h4-9,11H,10H2,1-3H3. The number of thiophene rings is 1. The molecular weight excluding hydrogens is 256 g/mol. The number of ether oxygens (including phenoxy) is 1. The van der Waals surface area contributed by atoms with Crippen molar-refractivity contribution in [3.8, 4) is 5.75 Å². The predicted octanol–water partition coefficient (Wildman–Crippen LogP) is 4.33. The van der Waals surface area contributed by atoms with Crippen molar-refractivity contribution >= 4 is 17.3 Å². The lowest BCUT2D eigenvalue weighted by atomic mass is 10.0. The van der Waals surface area contributed by atoms with Gasteiger partial charge in [-0.05, 0) is 41.5 Å². The average Bonchev–Trinajstić information content (AvgIpc) is 2.81. The largest absolute Gasteiger partial charge is 0.426 e. The molecule has 2 aromatic rings. The second-order valence-corrected chi connectivity index (χ2v) is 5.96. The fourth-order valence-corrected chi connectivity index (χ4v) is 2.61. The van der Waals surface area contributed by atoms with Crippen molar-refractivity contribution < 1.29 is 9.53 Å². The van der Waals surface area contributed by atoms with Crippen molar-refractivity contribution in [1.29, 1.82) is 0 Å². The van der Waals surface area contributed by atoms with E-state index >= 15 is 0 Å². The zero-order valence-corrected chi connectivity index (χ0v) is 12.3. The minimum Gasteiger partial charge on any atom is -0.426 e. The number of hydrogen-bond donors (Lipinski definition) is 0. The number of rotatable bonds is 4. The molecule has 19 heavy (non-hydrogen) atoms. The van der Waals surface area contributed by atoms with E-state index in [-0.39, 0.29) is 5.97 Å². The second kappa shape index (κ2) is 6.02. The van der Waals surface area contributed by atoms with Gasteiger partial charge in [-0.1, -0.05) is 32.0 Å². The second-order valence-electron chi connectivity index (χ2n) is 4.93. The van der Waals surface area contributed by atoms with Crippen LogP contribution in [-0.2, 0) is 11.2 Å². The highest BCUT2D eigenvalue weighted by Gasteiger charge is 2.13. The van der Waals surface area contributed by atoms with Crippen LogP contribution < -0.4 is 4.74 Å². The summed E-state index contributed by atoms with van der Waals surface area (Å²) in [6.45, 7) is 6.20. The first-order chi connectivity index (χ1) is 9.06. The van der Waals surface area contributed by atoms with Gasteiger partial charge in [-0.2, -0.15) is 0 Å². The predicted molar refractivity (Wildman–Crippen MR) is 78.9 cm³/mol. The summed E-state index contributed by atoms with van der Waals surface area (Å²) in [5, 5.41) is 1.97. The van der Waals surface area contributed by atoms with Gasteiger partial charge in [0.15, 0.2) is 0 Å². The van der Waals surface area contributed by atoms with Crippen LogP contribution >= 0.6 is 11.3 Å². The van der Waals surface area contributed by atoms with Crippen LogP contribution in [0.25, 0.3) is 0 Å². The van der Waals surface area contributed by atoms with Gasteiger partial charge in [0, 0.05) is 4.88 Å². The Kier molecular flexibility index (Phi) is 4.38. The van der Waals surface area contributed by atoms with E-state index in [9.17, 15) is 4.79 Å². The van der Waals surface area contributed by atoms with Gasteiger partial charge in [0.05, 0.1) is 6.42 Å². The first-order valence-electron chi connectivity index (χ1n) is 6.40. The normalized spacial score (nSPS) is 10.7. The van der Waals surface area contributed by atoms with Crippen LogP contribution in [0.2, 0.25) is 0 Å². The number of hydrogen-bond acceptors (Lipinski definition) is 3. The maximum atomic E-state index is 12.0. The van der Waals surface area contributed by atoms with Crippen molar-refractivity contribution in [2.45, 2.75) is 33.1 Å². The monoisotopic (exact) mass is 274 g/mol. The summed E-state index contributed by atoms with van der Waals surface area (Å²) in [6, 6.07) is 9.91. The fraction of sp³-hybridized carbons (Fsp3) is 0.312. The molecule has 1 aromatic carbocycles. The van der Waals surface area contributed by atoms with Crippen LogP contribution in [0.1, 0.15) is 35.8 Å². The summed E-state index contributed by atoms with van der Waals surface area (Å²) in [6.07, 6.45) is 0.336. The van der Waals surface area contributed by atoms with Gasteiger partial charge < -0.3 is 4.74 Å². The van der Waals surface area contributed by atoms with E-state index in [1.54, 1.807) is 11.3 Å². The summed E-state index contributed by atoms with van der Waals surface area (Å²) in [4.78, 5) is 13.0. The number of carbonyl (C=O) groups is 1. The SMILES string of the molecule is Cc1ccc(C(C)C)c(OC(=O)Cc2cccs2)c1. The highest BCUT2D eigenvalue weighted by Crippen LogP contribution is 2.28. The van der Waals surface area contributed by atoms with Gasteiger partial charge in [0.25, 0.3) is 0 Å². The summed E-state index contributed by atoms with van der Waals surface area (Å²) < 4.78 is 5.53. The number of carbonyl (C=O) groups excluding carboxylic acids is 1.